The standard InChI is InChI=1S/C16H31NO/c1-12(2)16(15(4,5)6)10-8-14(9-11-16)17-13(3)18-7/h12,14,17H,3,8-11H2,1-2,4-7H3. The molecule has 0 spiro atoms. The average Bonchev–Trinajstić information content (AvgIpc) is 2.28. The molecule has 1 N–H and O–H groups in total. The van der Waals surface area contributed by atoms with Crippen LogP contribution >= 0.6 is 0 Å². The summed E-state index contributed by atoms with van der Waals surface area (Å²) in [5.41, 5.74) is 0.851. The molecular weight excluding hydrogens is 222 g/mol. The zero-order valence-electron chi connectivity index (χ0n) is 13.1. The minimum absolute atomic E-state index is 0.379. The lowest BCUT2D eigenvalue weighted by molar-refractivity contribution is -0.0168. The summed E-state index contributed by atoms with van der Waals surface area (Å²) in [5, 5.41) is 3.38. The first-order valence-electron chi connectivity index (χ1n) is 7.22. The Morgan fingerprint density at radius 2 is 1.78 bits per heavy atom. The van der Waals surface area contributed by atoms with E-state index >= 15 is 0 Å². The minimum atomic E-state index is 0.379. The van der Waals surface area contributed by atoms with Crippen molar-refractivity contribution in [3.05, 3.63) is 12.5 Å². The van der Waals surface area contributed by atoms with E-state index in [1.165, 1.54) is 25.7 Å². The van der Waals surface area contributed by atoms with Gasteiger partial charge < -0.3 is 10.1 Å². The Bertz CT molecular complexity index is 280. The fourth-order valence-electron chi connectivity index (χ4n) is 3.76. The van der Waals surface area contributed by atoms with Crippen molar-refractivity contribution in [3.8, 4) is 0 Å². The molecule has 0 aromatic heterocycles. The maximum atomic E-state index is 5.11. The van der Waals surface area contributed by atoms with Crippen LogP contribution in [-0.2, 0) is 4.74 Å². The van der Waals surface area contributed by atoms with Gasteiger partial charge in [-0.25, -0.2) is 0 Å². The van der Waals surface area contributed by atoms with Gasteiger partial charge in [0.1, 0.15) is 0 Å². The molecular formula is C16H31NO. The van der Waals surface area contributed by atoms with Gasteiger partial charge in [-0.2, -0.15) is 0 Å². The molecule has 2 nitrogen and oxygen atoms in total. The molecule has 1 saturated carbocycles. The summed E-state index contributed by atoms with van der Waals surface area (Å²) in [6, 6.07) is 0.534. The lowest BCUT2D eigenvalue weighted by Crippen LogP contribution is -2.46. The summed E-state index contributed by atoms with van der Waals surface area (Å²) in [6.45, 7) is 15.8. The van der Waals surface area contributed by atoms with Crippen molar-refractivity contribution in [3.63, 3.8) is 0 Å². The summed E-state index contributed by atoms with van der Waals surface area (Å²) in [6.07, 6.45) is 5.03. The number of nitrogens with one attached hydrogen (secondary N) is 1. The molecule has 0 amide bonds. The van der Waals surface area contributed by atoms with Crippen molar-refractivity contribution in [2.45, 2.75) is 66.3 Å². The predicted octanol–water partition coefficient (Wildman–Crippen LogP) is 4.32. The second kappa shape index (κ2) is 5.54. The van der Waals surface area contributed by atoms with Crippen molar-refractivity contribution in [2.75, 3.05) is 7.11 Å². The Labute approximate surface area is 113 Å². The van der Waals surface area contributed by atoms with Crippen molar-refractivity contribution in [2.24, 2.45) is 16.7 Å². The highest BCUT2D eigenvalue weighted by Gasteiger charge is 2.46. The van der Waals surface area contributed by atoms with E-state index in [9.17, 15) is 0 Å². The summed E-state index contributed by atoms with van der Waals surface area (Å²) in [4.78, 5) is 0. The monoisotopic (exact) mass is 253 g/mol. The summed E-state index contributed by atoms with van der Waals surface area (Å²) in [5.74, 6) is 1.44. The largest absolute Gasteiger partial charge is 0.483 e. The highest BCUT2D eigenvalue weighted by molar-refractivity contribution is 4.98. The first-order chi connectivity index (χ1) is 8.23. The number of ether oxygens (including phenoxy) is 1. The maximum absolute atomic E-state index is 5.11. The zero-order chi connectivity index (χ0) is 14.0. The smallest absolute Gasteiger partial charge is 0.179 e. The Kier molecular flexibility index (Phi) is 4.74. The topological polar surface area (TPSA) is 21.3 Å². The first-order valence-corrected chi connectivity index (χ1v) is 7.22. The first kappa shape index (κ1) is 15.4. The lowest BCUT2D eigenvalue weighted by atomic mass is 9.54. The van der Waals surface area contributed by atoms with Gasteiger partial charge in [0.2, 0.25) is 0 Å². The zero-order valence-corrected chi connectivity index (χ0v) is 13.1. The van der Waals surface area contributed by atoms with Crippen LogP contribution in [0.4, 0.5) is 0 Å². The van der Waals surface area contributed by atoms with E-state index in [0.29, 0.717) is 22.8 Å². The van der Waals surface area contributed by atoms with E-state index in [1.54, 1.807) is 7.11 Å². The van der Waals surface area contributed by atoms with Crippen LogP contribution in [-0.4, -0.2) is 13.2 Å². The molecule has 1 fully saturated rings. The average molecular weight is 253 g/mol. The molecule has 0 atom stereocenters. The Balaban J connectivity index is 2.67. The van der Waals surface area contributed by atoms with Crippen molar-refractivity contribution < 1.29 is 4.74 Å². The summed E-state index contributed by atoms with van der Waals surface area (Å²) < 4.78 is 5.11. The van der Waals surface area contributed by atoms with Gasteiger partial charge >= 0.3 is 0 Å². The van der Waals surface area contributed by atoms with Gasteiger partial charge in [-0.3, -0.25) is 0 Å². The Morgan fingerprint density at radius 1 is 1.28 bits per heavy atom. The molecule has 106 valence electrons. The van der Waals surface area contributed by atoms with Crippen LogP contribution in [0.5, 0.6) is 0 Å². The second-order valence-corrected chi connectivity index (χ2v) is 7.11. The molecule has 18 heavy (non-hydrogen) atoms. The van der Waals surface area contributed by atoms with E-state index in [1.807, 2.05) is 0 Å². The number of methoxy groups -OCH3 is 1. The third-order valence-corrected chi connectivity index (χ3v) is 5.09. The van der Waals surface area contributed by atoms with Gasteiger partial charge in [0.25, 0.3) is 0 Å². The number of hydrogen-bond acceptors (Lipinski definition) is 2. The van der Waals surface area contributed by atoms with E-state index < -0.39 is 0 Å². The number of rotatable bonds is 4. The fourth-order valence-corrected chi connectivity index (χ4v) is 3.76. The van der Waals surface area contributed by atoms with Crippen LogP contribution in [0.25, 0.3) is 0 Å². The second-order valence-electron chi connectivity index (χ2n) is 7.11. The number of hydrogen-bond donors (Lipinski definition) is 1. The van der Waals surface area contributed by atoms with E-state index in [0.717, 1.165) is 5.92 Å². The molecule has 1 aliphatic carbocycles. The summed E-state index contributed by atoms with van der Waals surface area (Å²) >= 11 is 0. The van der Waals surface area contributed by atoms with Gasteiger partial charge in [0, 0.05) is 6.04 Å². The maximum Gasteiger partial charge on any atom is 0.179 e. The van der Waals surface area contributed by atoms with Crippen LogP contribution < -0.4 is 5.32 Å². The van der Waals surface area contributed by atoms with Crippen molar-refractivity contribution >= 4 is 0 Å². The third-order valence-electron chi connectivity index (χ3n) is 5.09. The lowest BCUT2D eigenvalue weighted by Gasteiger charge is -2.52. The summed E-state index contributed by atoms with van der Waals surface area (Å²) in [7, 11) is 1.67. The van der Waals surface area contributed by atoms with Crippen LogP contribution in [0.2, 0.25) is 0 Å². The van der Waals surface area contributed by atoms with Crippen LogP contribution in [0.3, 0.4) is 0 Å². The third kappa shape index (κ3) is 3.02. The van der Waals surface area contributed by atoms with Gasteiger partial charge in [-0.15, -0.1) is 0 Å². The quantitative estimate of drug-likeness (QED) is 0.753. The van der Waals surface area contributed by atoms with Crippen LogP contribution in [0, 0.1) is 16.7 Å². The molecule has 0 aromatic carbocycles. The molecule has 0 aromatic rings. The van der Waals surface area contributed by atoms with E-state index in [-0.39, 0.29) is 0 Å². The van der Waals surface area contributed by atoms with E-state index in [4.69, 9.17) is 4.74 Å². The fraction of sp³-hybridized carbons (Fsp3) is 0.875. The molecule has 0 unspecified atom stereocenters. The molecule has 0 bridgehead atoms. The van der Waals surface area contributed by atoms with E-state index in [2.05, 4.69) is 46.5 Å². The van der Waals surface area contributed by atoms with Gasteiger partial charge in [-0.1, -0.05) is 34.6 Å². The Morgan fingerprint density at radius 3 is 2.11 bits per heavy atom. The van der Waals surface area contributed by atoms with Crippen LogP contribution in [0.15, 0.2) is 12.5 Å². The molecule has 2 heteroatoms. The highest BCUT2D eigenvalue weighted by atomic mass is 16.5. The molecule has 0 radical (unpaired) electrons. The van der Waals surface area contributed by atoms with Gasteiger partial charge in [0.15, 0.2) is 5.88 Å². The highest BCUT2D eigenvalue weighted by Crippen LogP contribution is 2.54. The van der Waals surface area contributed by atoms with Crippen LogP contribution in [0.1, 0.15) is 60.3 Å². The predicted molar refractivity (Wildman–Crippen MR) is 78.3 cm³/mol. The minimum Gasteiger partial charge on any atom is -0.483 e. The Hall–Kier alpha value is -0.660. The normalized spacial score (nSPS) is 29.2. The van der Waals surface area contributed by atoms with Gasteiger partial charge in [-0.05, 0) is 49.0 Å². The van der Waals surface area contributed by atoms with Gasteiger partial charge in [0.05, 0.1) is 7.11 Å². The molecule has 1 rings (SSSR count). The van der Waals surface area contributed by atoms with Crippen molar-refractivity contribution in [1.82, 2.24) is 5.32 Å². The van der Waals surface area contributed by atoms with Crippen molar-refractivity contribution in [1.29, 1.82) is 0 Å². The SMILES string of the molecule is C=C(NC1CCC(C(C)C)(C(C)(C)C)CC1)OC. The molecule has 0 saturated heterocycles. The molecule has 1 aliphatic rings. The molecule has 0 aliphatic heterocycles. The molecule has 0 heterocycles.